The van der Waals surface area contributed by atoms with E-state index >= 15 is 0 Å². The van der Waals surface area contributed by atoms with Gasteiger partial charge in [-0.2, -0.15) is 0 Å². The summed E-state index contributed by atoms with van der Waals surface area (Å²) in [6.07, 6.45) is 1.53. The second-order valence-electron chi connectivity index (χ2n) is 4.81. The van der Waals surface area contributed by atoms with E-state index in [1.165, 1.54) is 12.3 Å². The number of thiocarbonyl (C=S) groups is 1. The molecule has 0 saturated heterocycles. The van der Waals surface area contributed by atoms with Crippen molar-refractivity contribution in [2.45, 2.75) is 19.0 Å². The zero-order chi connectivity index (χ0) is 14.5. The molecule has 0 aliphatic carbocycles. The summed E-state index contributed by atoms with van der Waals surface area (Å²) in [4.78, 5) is 0.406. The molecule has 2 heterocycles. The summed E-state index contributed by atoms with van der Waals surface area (Å²) in [5, 5.41) is 10.7. The minimum atomic E-state index is -0.910. The molecule has 1 N–H and O–H groups in total. The SMILES string of the molecule is C[C@@]1(c2cc(Br)cc(F)c2F)Cn2nncc2C(=S)N1. The van der Waals surface area contributed by atoms with Gasteiger partial charge in [0.2, 0.25) is 0 Å². The standard InChI is InChI=1S/C12H9BrF2N4S/c1-12(7-2-6(13)3-8(14)10(7)15)5-19-9(4-16-18-19)11(20)17-12/h2-4H,5H2,1H3,(H,17,20)/t12-/m0/s1. The summed E-state index contributed by atoms with van der Waals surface area (Å²) in [7, 11) is 0. The second kappa shape index (κ2) is 4.56. The molecular formula is C12H9BrF2N4S. The molecule has 1 aliphatic heterocycles. The maximum atomic E-state index is 14.1. The van der Waals surface area contributed by atoms with Crippen LogP contribution >= 0.6 is 28.1 Å². The number of nitrogens with one attached hydrogen (secondary N) is 1. The van der Waals surface area contributed by atoms with Crippen LogP contribution in [-0.2, 0) is 12.1 Å². The number of nitrogens with zero attached hydrogens (tertiary/aromatic N) is 3. The van der Waals surface area contributed by atoms with E-state index < -0.39 is 17.2 Å². The Bertz CT molecular complexity index is 717. The van der Waals surface area contributed by atoms with E-state index in [0.29, 0.717) is 21.7 Å². The molecule has 20 heavy (non-hydrogen) atoms. The fourth-order valence-corrected chi connectivity index (χ4v) is 3.13. The second-order valence-corrected chi connectivity index (χ2v) is 6.14. The predicted octanol–water partition coefficient (Wildman–Crippen LogP) is 2.51. The molecule has 3 rings (SSSR count). The van der Waals surface area contributed by atoms with Crippen LogP contribution in [0.4, 0.5) is 8.78 Å². The monoisotopic (exact) mass is 358 g/mol. The van der Waals surface area contributed by atoms with Gasteiger partial charge in [0.25, 0.3) is 0 Å². The Kier molecular flexibility index (Phi) is 3.09. The van der Waals surface area contributed by atoms with Gasteiger partial charge in [-0.1, -0.05) is 33.4 Å². The van der Waals surface area contributed by atoms with Crippen LogP contribution < -0.4 is 5.32 Å². The van der Waals surface area contributed by atoms with Crippen molar-refractivity contribution in [3.63, 3.8) is 0 Å². The van der Waals surface area contributed by atoms with Crippen molar-refractivity contribution in [2.24, 2.45) is 0 Å². The minimum absolute atomic E-state index is 0.188. The van der Waals surface area contributed by atoms with Crippen molar-refractivity contribution >= 4 is 33.1 Å². The summed E-state index contributed by atoms with van der Waals surface area (Å²) in [6.45, 7) is 2.05. The first-order valence-corrected chi connectivity index (χ1v) is 6.97. The Morgan fingerprint density at radius 1 is 1.45 bits per heavy atom. The minimum Gasteiger partial charge on any atom is -0.363 e. The van der Waals surface area contributed by atoms with Crippen molar-refractivity contribution in [3.05, 3.63) is 45.7 Å². The molecule has 4 nitrogen and oxygen atoms in total. The molecule has 2 aromatic rings. The highest BCUT2D eigenvalue weighted by molar-refractivity contribution is 9.10. The average molecular weight is 359 g/mol. The smallest absolute Gasteiger partial charge is 0.164 e. The van der Waals surface area contributed by atoms with E-state index in [1.807, 2.05) is 0 Å². The molecular weight excluding hydrogens is 350 g/mol. The summed E-state index contributed by atoms with van der Waals surface area (Å²) in [5.74, 6) is -1.80. The summed E-state index contributed by atoms with van der Waals surface area (Å²) in [5.41, 5.74) is -0.0480. The zero-order valence-electron chi connectivity index (χ0n) is 10.3. The van der Waals surface area contributed by atoms with E-state index in [-0.39, 0.29) is 5.56 Å². The summed E-state index contributed by atoms with van der Waals surface area (Å²) < 4.78 is 29.8. The zero-order valence-corrected chi connectivity index (χ0v) is 12.7. The number of benzene rings is 1. The maximum absolute atomic E-state index is 14.1. The first kappa shape index (κ1) is 13.6. The van der Waals surface area contributed by atoms with Crippen LogP contribution in [0.5, 0.6) is 0 Å². The lowest BCUT2D eigenvalue weighted by molar-refractivity contribution is 0.312. The molecule has 0 bridgehead atoms. The highest BCUT2D eigenvalue weighted by Gasteiger charge is 2.37. The predicted molar refractivity (Wildman–Crippen MR) is 76.3 cm³/mol. The maximum Gasteiger partial charge on any atom is 0.164 e. The van der Waals surface area contributed by atoms with Gasteiger partial charge in [0.15, 0.2) is 11.6 Å². The average Bonchev–Trinajstić information content (AvgIpc) is 2.81. The van der Waals surface area contributed by atoms with Crippen LogP contribution in [-0.4, -0.2) is 20.0 Å². The lowest BCUT2D eigenvalue weighted by atomic mass is 9.89. The van der Waals surface area contributed by atoms with E-state index in [1.54, 1.807) is 11.6 Å². The van der Waals surface area contributed by atoms with Crippen molar-refractivity contribution in [1.29, 1.82) is 0 Å². The third kappa shape index (κ3) is 2.03. The third-order valence-corrected chi connectivity index (χ3v) is 4.06. The van der Waals surface area contributed by atoms with Gasteiger partial charge in [0, 0.05) is 10.0 Å². The Morgan fingerprint density at radius 2 is 2.20 bits per heavy atom. The van der Waals surface area contributed by atoms with Gasteiger partial charge in [0.05, 0.1) is 18.3 Å². The molecule has 1 aromatic heterocycles. The lowest BCUT2D eigenvalue weighted by Crippen LogP contribution is -2.51. The number of aromatic nitrogens is 3. The van der Waals surface area contributed by atoms with Gasteiger partial charge < -0.3 is 5.32 Å². The third-order valence-electron chi connectivity index (χ3n) is 3.29. The molecule has 8 heteroatoms. The van der Waals surface area contributed by atoms with Crippen molar-refractivity contribution in [2.75, 3.05) is 0 Å². The fourth-order valence-electron chi connectivity index (χ4n) is 2.31. The molecule has 1 aliphatic rings. The van der Waals surface area contributed by atoms with Crippen LogP contribution in [0.15, 0.2) is 22.8 Å². The Morgan fingerprint density at radius 3 is 2.95 bits per heavy atom. The molecule has 0 amide bonds. The number of rotatable bonds is 1. The molecule has 0 radical (unpaired) electrons. The Balaban J connectivity index is 2.13. The van der Waals surface area contributed by atoms with Crippen LogP contribution in [0.3, 0.4) is 0 Å². The summed E-state index contributed by atoms with van der Waals surface area (Å²) in [6, 6.07) is 2.63. The van der Waals surface area contributed by atoms with Crippen molar-refractivity contribution in [3.8, 4) is 0 Å². The Labute approximate surface area is 127 Å². The van der Waals surface area contributed by atoms with Gasteiger partial charge >= 0.3 is 0 Å². The molecule has 0 unspecified atom stereocenters. The van der Waals surface area contributed by atoms with Gasteiger partial charge in [-0.25, -0.2) is 13.5 Å². The number of fused-ring (bicyclic) bond motifs is 1. The molecule has 0 spiro atoms. The quantitative estimate of drug-likeness (QED) is 0.628. The van der Waals surface area contributed by atoms with Gasteiger partial charge in [-0.3, -0.25) is 0 Å². The number of hydrogen-bond acceptors (Lipinski definition) is 3. The van der Waals surface area contributed by atoms with Gasteiger partial charge in [-0.15, -0.1) is 5.10 Å². The highest BCUT2D eigenvalue weighted by atomic mass is 79.9. The topological polar surface area (TPSA) is 42.7 Å². The van der Waals surface area contributed by atoms with Crippen LogP contribution in [0.2, 0.25) is 0 Å². The van der Waals surface area contributed by atoms with Gasteiger partial charge in [-0.05, 0) is 19.1 Å². The fraction of sp³-hybridized carbons (Fsp3) is 0.250. The van der Waals surface area contributed by atoms with E-state index in [9.17, 15) is 8.78 Å². The molecule has 0 fully saturated rings. The van der Waals surface area contributed by atoms with E-state index in [4.69, 9.17) is 12.2 Å². The van der Waals surface area contributed by atoms with E-state index in [0.717, 1.165) is 6.07 Å². The number of halogens is 3. The first-order chi connectivity index (χ1) is 9.40. The van der Waals surface area contributed by atoms with Crippen molar-refractivity contribution < 1.29 is 8.78 Å². The molecule has 0 saturated carbocycles. The van der Waals surface area contributed by atoms with Crippen LogP contribution in [0.1, 0.15) is 18.2 Å². The van der Waals surface area contributed by atoms with Gasteiger partial charge in [0.1, 0.15) is 10.7 Å². The van der Waals surface area contributed by atoms with Crippen molar-refractivity contribution in [1.82, 2.24) is 20.3 Å². The lowest BCUT2D eigenvalue weighted by Gasteiger charge is -2.36. The molecule has 1 aromatic carbocycles. The van der Waals surface area contributed by atoms with E-state index in [2.05, 4.69) is 31.6 Å². The summed E-state index contributed by atoms with van der Waals surface area (Å²) >= 11 is 8.41. The number of hydrogen-bond donors (Lipinski definition) is 1. The molecule has 1 atom stereocenters. The molecule has 104 valence electrons. The first-order valence-electron chi connectivity index (χ1n) is 5.77. The normalized spacial score (nSPS) is 21.5. The Hall–Kier alpha value is -1.41. The highest BCUT2D eigenvalue weighted by Crippen LogP contribution is 2.32. The van der Waals surface area contributed by atoms with Crippen LogP contribution in [0, 0.1) is 11.6 Å². The van der Waals surface area contributed by atoms with Crippen LogP contribution in [0.25, 0.3) is 0 Å². The largest absolute Gasteiger partial charge is 0.363 e.